The summed E-state index contributed by atoms with van der Waals surface area (Å²) in [5.74, 6) is 1.71. The molecule has 0 aliphatic heterocycles. The first-order valence-electron chi connectivity index (χ1n) is 6.20. The Labute approximate surface area is 104 Å². The Morgan fingerprint density at radius 3 is 2.50 bits per heavy atom. The van der Waals surface area contributed by atoms with Crippen molar-refractivity contribution in [2.75, 3.05) is 6.61 Å². The van der Waals surface area contributed by atoms with Gasteiger partial charge in [-0.1, -0.05) is 32.4 Å². The highest BCUT2D eigenvalue weighted by Crippen LogP contribution is 2.30. The van der Waals surface area contributed by atoms with E-state index < -0.39 is 0 Å². The summed E-state index contributed by atoms with van der Waals surface area (Å²) in [5, 5.41) is 0.773. The molecule has 0 bridgehead atoms. The van der Waals surface area contributed by atoms with E-state index in [1.165, 1.54) is 18.4 Å². The summed E-state index contributed by atoms with van der Waals surface area (Å²) >= 11 is 5.98. The van der Waals surface area contributed by atoms with Gasteiger partial charge in [0.1, 0.15) is 5.75 Å². The normalized spacial score (nSPS) is 14.0. The number of aryl methyl sites for hydroxylation is 1. The van der Waals surface area contributed by atoms with Crippen molar-refractivity contribution in [1.29, 1.82) is 0 Å². The van der Waals surface area contributed by atoms with E-state index in [-0.39, 0.29) is 0 Å². The molecule has 0 radical (unpaired) electrons. The first-order valence-corrected chi connectivity index (χ1v) is 6.58. The van der Waals surface area contributed by atoms with E-state index >= 15 is 0 Å². The van der Waals surface area contributed by atoms with Crippen molar-refractivity contribution in [2.45, 2.75) is 40.0 Å². The minimum atomic E-state index is 0.773. The minimum absolute atomic E-state index is 0.773. The molecule has 0 spiro atoms. The van der Waals surface area contributed by atoms with Gasteiger partial charge in [-0.15, -0.1) is 0 Å². The molecule has 1 nitrogen and oxygen atoms in total. The van der Waals surface area contributed by atoms with Crippen LogP contribution >= 0.6 is 11.6 Å². The van der Waals surface area contributed by atoms with E-state index in [9.17, 15) is 0 Å². The van der Waals surface area contributed by atoms with Crippen molar-refractivity contribution in [1.82, 2.24) is 0 Å². The molecule has 1 aromatic rings. The van der Waals surface area contributed by atoms with E-state index in [0.717, 1.165) is 29.7 Å². The number of hydrogen-bond acceptors (Lipinski definition) is 1. The quantitative estimate of drug-likeness (QED) is 0.740. The molecule has 1 aliphatic carbocycles. The summed E-state index contributed by atoms with van der Waals surface area (Å²) in [6, 6.07) is 5.96. The van der Waals surface area contributed by atoms with Crippen molar-refractivity contribution < 1.29 is 4.74 Å². The largest absolute Gasteiger partial charge is 0.493 e. The van der Waals surface area contributed by atoms with Crippen molar-refractivity contribution in [3.63, 3.8) is 0 Å². The van der Waals surface area contributed by atoms with Gasteiger partial charge in [-0.3, -0.25) is 0 Å². The molecule has 0 amide bonds. The Morgan fingerprint density at radius 2 is 1.94 bits per heavy atom. The molecule has 1 aromatic carbocycles. The third-order valence-corrected chi connectivity index (χ3v) is 2.74. The molecule has 0 saturated heterocycles. The molecule has 0 aromatic heterocycles. The third-order valence-electron chi connectivity index (χ3n) is 2.52. The summed E-state index contributed by atoms with van der Waals surface area (Å²) in [4.78, 5) is 0. The fraction of sp³-hybridized carbons (Fsp3) is 0.571. The lowest BCUT2D eigenvalue weighted by molar-refractivity contribution is 0.299. The molecule has 0 unspecified atom stereocenters. The van der Waals surface area contributed by atoms with E-state index in [0.29, 0.717) is 0 Å². The lowest BCUT2D eigenvalue weighted by Gasteiger charge is -2.07. The molecule has 0 heterocycles. The van der Waals surface area contributed by atoms with E-state index in [1.807, 2.05) is 26.0 Å². The van der Waals surface area contributed by atoms with Crippen molar-refractivity contribution in [2.24, 2.45) is 5.92 Å². The Hall–Kier alpha value is -0.690. The van der Waals surface area contributed by atoms with Crippen LogP contribution in [0, 0.1) is 5.92 Å². The first-order chi connectivity index (χ1) is 7.78. The molecule has 2 rings (SSSR count). The van der Waals surface area contributed by atoms with Gasteiger partial charge in [0.15, 0.2) is 0 Å². The van der Waals surface area contributed by atoms with E-state index in [2.05, 4.69) is 13.0 Å². The lowest BCUT2D eigenvalue weighted by Crippen LogP contribution is -1.99. The second-order valence-corrected chi connectivity index (χ2v) is 4.34. The van der Waals surface area contributed by atoms with Gasteiger partial charge in [0.05, 0.1) is 6.61 Å². The highest BCUT2D eigenvalue weighted by Gasteiger charge is 2.21. The zero-order chi connectivity index (χ0) is 12.0. The molecular weight excluding hydrogens is 220 g/mol. The molecule has 2 heteroatoms. The second-order valence-electron chi connectivity index (χ2n) is 3.90. The summed E-state index contributed by atoms with van der Waals surface area (Å²) in [6.07, 6.45) is 3.64. The van der Waals surface area contributed by atoms with Crippen molar-refractivity contribution in [3.05, 3.63) is 28.8 Å². The SMILES string of the molecule is CC.CCc1cc(Cl)cc(OCC2CC2)c1. The zero-order valence-electron chi connectivity index (χ0n) is 10.4. The Kier molecular flexibility index (Phi) is 5.68. The molecule has 90 valence electrons. The summed E-state index contributed by atoms with van der Waals surface area (Å²) in [5.41, 5.74) is 1.24. The number of rotatable bonds is 4. The number of halogens is 1. The number of ether oxygens (including phenoxy) is 1. The van der Waals surface area contributed by atoms with Gasteiger partial charge in [0.25, 0.3) is 0 Å². The molecule has 1 fully saturated rings. The summed E-state index contributed by atoms with van der Waals surface area (Å²) in [6.45, 7) is 6.97. The van der Waals surface area contributed by atoms with Crippen LogP contribution in [0.15, 0.2) is 18.2 Å². The Bertz CT molecular complexity index is 319. The van der Waals surface area contributed by atoms with Gasteiger partial charge in [-0.2, -0.15) is 0 Å². The van der Waals surface area contributed by atoms with Gasteiger partial charge in [0.2, 0.25) is 0 Å². The Balaban J connectivity index is 0.000000606. The highest BCUT2D eigenvalue weighted by molar-refractivity contribution is 6.30. The minimum Gasteiger partial charge on any atom is -0.493 e. The van der Waals surface area contributed by atoms with Crippen LogP contribution < -0.4 is 4.74 Å². The molecule has 0 atom stereocenters. The van der Waals surface area contributed by atoms with E-state index in [1.54, 1.807) is 0 Å². The van der Waals surface area contributed by atoms with Crippen LogP contribution in [0.4, 0.5) is 0 Å². The fourth-order valence-corrected chi connectivity index (χ4v) is 1.65. The van der Waals surface area contributed by atoms with Crippen LogP contribution in [-0.2, 0) is 6.42 Å². The van der Waals surface area contributed by atoms with Gasteiger partial charge >= 0.3 is 0 Å². The Morgan fingerprint density at radius 1 is 1.25 bits per heavy atom. The standard InChI is InChI=1S/C12H15ClO.C2H6/c1-2-9-5-11(13)7-12(6-9)14-8-10-3-4-10;1-2/h5-7,10H,2-4,8H2,1H3;1-2H3. The maximum Gasteiger partial charge on any atom is 0.121 e. The van der Waals surface area contributed by atoms with Crippen LogP contribution in [0.1, 0.15) is 39.2 Å². The average Bonchev–Trinajstić information content (AvgIpc) is 3.12. The maximum absolute atomic E-state index is 5.98. The van der Waals surface area contributed by atoms with E-state index in [4.69, 9.17) is 16.3 Å². The molecule has 1 saturated carbocycles. The molecule has 16 heavy (non-hydrogen) atoms. The van der Waals surface area contributed by atoms with Crippen LogP contribution in [0.5, 0.6) is 5.75 Å². The predicted octanol–water partition coefficient (Wildman–Crippen LogP) is 4.72. The smallest absolute Gasteiger partial charge is 0.121 e. The van der Waals surface area contributed by atoms with Crippen molar-refractivity contribution in [3.8, 4) is 5.75 Å². The number of benzene rings is 1. The lowest BCUT2D eigenvalue weighted by atomic mass is 10.2. The van der Waals surface area contributed by atoms with Gasteiger partial charge < -0.3 is 4.74 Å². The first kappa shape index (κ1) is 13.4. The monoisotopic (exact) mass is 240 g/mol. The van der Waals surface area contributed by atoms with Gasteiger partial charge in [0, 0.05) is 5.02 Å². The van der Waals surface area contributed by atoms with Crippen LogP contribution in [0.3, 0.4) is 0 Å². The van der Waals surface area contributed by atoms with Crippen LogP contribution in [0.25, 0.3) is 0 Å². The topological polar surface area (TPSA) is 9.23 Å². The molecular formula is C14H21ClO. The molecule has 1 aliphatic rings. The second kappa shape index (κ2) is 6.80. The average molecular weight is 241 g/mol. The zero-order valence-corrected chi connectivity index (χ0v) is 11.2. The van der Waals surface area contributed by atoms with Gasteiger partial charge in [-0.05, 0) is 48.9 Å². The van der Waals surface area contributed by atoms with Crippen LogP contribution in [-0.4, -0.2) is 6.61 Å². The van der Waals surface area contributed by atoms with Crippen LogP contribution in [0.2, 0.25) is 5.02 Å². The number of hydrogen-bond donors (Lipinski definition) is 0. The third kappa shape index (κ3) is 4.44. The maximum atomic E-state index is 5.98. The fourth-order valence-electron chi connectivity index (χ4n) is 1.41. The summed E-state index contributed by atoms with van der Waals surface area (Å²) in [7, 11) is 0. The highest BCUT2D eigenvalue weighted by atomic mass is 35.5. The summed E-state index contributed by atoms with van der Waals surface area (Å²) < 4.78 is 5.67. The molecule has 0 N–H and O–H groups in total. The predicted molar refractivity (Wildman–Crippen MR) is 70.4 cm³/mol. The van der Waals surface area contributed by atoms with Crippen molar-refractivity contribution >= 4 is 11.6 Å². The van der Waals surface area contributed by atoms with Gasteiger partial charge in [-0.25, -0.2) is 0 Å².